The summed E-state index contributed by atoms with van der Waals surface area (Å²) in [4.78, 5) is 22.4. The van der Waals surface area contributed by atoms with Gasteiger partial charge in [0.05, 0.1) is 44.7 Å². The van der Waals surface area contributed by atoms with E-state index in [1.54, 1.807) is 30.8 Å². The number of aryl methyl sites for hydroxylation is 1. The lowest BCUT2D eigenvalue weighted by Crippen LogP contribution is -2.24. The number of unbranched alkanes of at least 4 members (excludes halogenated alkanes) is 2. The molecule has 1 heterocycles. The van der Waals surface area contributed by atoms with Gasteiger partial charge in [0.2, 0.25) is 5.91 Å². The molecule has 1 aromatic carbocycles. The summed E-state index contributed by atoms with van der Waals surface area (Å²) >= 11 is 6.37. The average molecular weight is 480 g/mol. The van der Waals surface area contributed by atoms with Crippen molar-refractivity contribution in [2.45, 2.75) is 69.6 Å². The maximum absolute atomic E-state index is 13.3. The fourth-order valence-corrected chi connectivity index (χ4v) is 4.75. The number of nitrogens with zero attached hydrogens (tertiary/aromatic N) is 2. The number of hydrogen-bond acceptors (Lipinski definition) is 5. The fourth-order valence-electron chi connectivity index (χ4n) is 3.65. The summed E-state index contributed by atoms with van der Waals surface area (Å²) in [5, 5.41) is 12.2. The van der Waals surface area contributed by atoms with Crippen molar-refractivity contribution in [3.63, 3.8) is 0 Å². The third-order valence-electron chi connectivity index (χ3n) is 5.47. The molecule has 2 N–H and O–H groups in total. The molecule has 32 heavy (non-hydrogen) atoms. The Kier molecular flexibility index (Phi) is 11.3. The Morgan fingerprint density at radius 1 is 1.22 bits per heavy atom. The van der Waals surface area contributed by atoms with Crippen LogP contribution < -0.4 is 5.32 Å². The van der Waals surface area contributed by atoms with Gasteiger partial charge >= 0.3 is 0 Å². The number of halogens is 1. The lowest BCUT2D eigenvalue weighted by atomic mass is 9.86. The Morgan fingerprint density at radius 2 is 2.00 bits per heavy atom. The van der Waals surface area contributed by atoms with Crippen molar-refractivity contribution < 1.29 is 14.1 Å². The minimum atomic E-state index is -1.19. The van der Waals surface area contributed by atoms with E-state index < -0.39 is 16.7 Å². The normalized spacial score (nSPS) is 14.0. The minimum absolute atomic E-state index is 0.102. The molecule has 0 bridgehead atoms. The number of amides is 1. The van der Waals surface area contributed by atoms with Crippen LogP contribution in [0.4, 0.5) is 5.82 Å². The first-order valence-corrected chi connectivity index (χ1v) is 13.1. The number of carbonyl (C=O) groups is 1. The van der Waals surface area contributed by atoms with Crippen molar-refractivity contribution in [3.8, 4) is 0 Å². The van der Waals surface area contributed by atoms with E-state index in [1.165, 1.54) is 6.42 Å². The van der Waals surface area contributed by atoms with Crippen LogP contribution in [0.25, 0.3) is 0 Å². The second-order valence-corrected chi connectivity index (χ2v) is 10.00. The van der Waals surface area contributed by atoms with Crippen molar-refractivity contribution in [1.82, 2.24) is 9.97 Å². The summed E-state index contributed by atoms with van der Waals surface area (Å²) in [6.07, 6.45) is 11.2. The number of rotatable bonds is 13. The monoisotopic (exact) mass is 479 g/mol. The first-order chi connectivity index (χ1) is 15.3. The molecule has 2 rings (SSSR count). The van der Waals surface area contributed by atoms with Gasteiger partial charge in [0, 0.05) is 12.9 Å². The first-order valence-electron chi connectivity index (χ1n) is 11.2. The molecule has 0 spiro atoms. The third kappa shape index (κ3) is 8.26. The SMILES string of the molecule is CCCCCC(C)CC(C(=O)Nc1cnc(CCCO)cn1)c1ccc(S(C)=O)c(Cl)c1. The van der Waals surface area contributed by atoms with Crippen molar-refractivity contribution in [1.29, 1.82) is 0 Å². The van der Waals surface area contributed by atoms with Crippen LogP contribution in [0.1, 0.15) is 69.5 Å². The number of anilines is 1. The molecule has 0 saturated heterocycles. The summed E-state index contributed by atoms with van der Waals surface area (Å²) in [6.45, 7) is 4.45. The summed E-state index contributed by atoms with van der Waals surface area (Å²) in [5.74, 6) is 0.192. The van der Waals surface area contributed by atoms with Gasteiger partial charge in [0.1, 0.15) is 0 Å². The van der Waals surface area contributed by atoms with E-state index in [0.29, 0.717) is 40.9 Å². The van der Waals surface area contributed by atoms with Gasteiger partial charge in [0.25, 0.3) is 0 Å². The predicted octanol–water partition coefficient (Wildman–Crippen LogP) is 5.12. The molecule has 0 aliphatic rings. The number of aromatic nitrogens is 2. The molecule has 8 heteroatoms. The molecule has 3 unspecified atom stereocenters. The van der Waals surface area contributed by atoms with E-state index in [9.17, 15) is 9.00 Å². The van der Waals surface area contributed by atoms with Crippen LogP contribution in [-0.4, -0.2) is 38.1 Å². The highest BCUT2D eigenvalue weighted by Crippen LogP contribution is 2.31. The Balaban J connectivity index is 2.20. The lowest BCUT2D eigenvalue weighted by molar-refractivity contribution is -0.118. The van der Waals surface area contributed by atoms with Crippen LogP contribution in [0, 0.1) is 5.92 Å². The number of aliphatic hydroxyl groups is 1. The molecular weight excluding hydrogens is 446 g/mol. The zero-order valence-electron chi connectivity index (χ0n) is 19.1. The zero-order chi connectivity index (χ0) is 23.5. The zero-order valence-corrected chi connectivity index (χ0v) is 20.7. The standard InChI is InChI=1S/C24H34ClN3O3S/c1-4-5-6-8-17(2)13-20(18-10-11-22(32(3)31)21(25)14-18)24(30)28-23-16-26-19(15-27-23)9-7-12-29/h10-11,14-17,20,29H,4-9,12-13H2,1-3H3,(H,27,28,30). The third-order valence-corrected chi connectivity index (χ3v) is 6.87. The van der Waals surface area contributed by atoms with Gasteiger partial charge in [-0.3, -0.25) is 14.0 Å². The molecule has 0 radical (unpaired) electrons. The van der Waals surface area contributed by atoms with E-state index in [4.69, 9.17) is 16.7 Å². The van der Waals surface area contributed by atoms with E-state index >= 15 is 0 Å². The van der Waals surface area contributed by atoms with Crippen molar-refractivity contribution in [2.24, 2.45) is 5.92 Å². The molecule has 1 amide bonds. The highest BCUT2D eigenvalue weighted by molar-refractivity contribution is 7.84. The van der Waals surface area contributed by atoms with E-state index in [-0.39, 0.29) is 12.5 Å². The van der Waals surface area contributed by atoms with E-state index in [1.807, 2.05) is 6.07 Å². The quantitative estimate of drug-likeness (QED) is 0.389. The first kappa shape index (κ1) is 26.4. The number of carbonyl (C=O) groups excluding carboxylic acids is 1. The van der Waals surface area contributed by atoms with Crippen LogP contribution in [0.3, 0.4) is 0 Å². The minimum Gasteiger partial charge on any atom is -0.396 e. The molecule has 0 aliphatic heterocycles. The molecule has 0 fully saturated rings. The highest BCUT2D eigenvalue weighted by atomic mass is 35.5. The van der Waals surface area contributed by atoms with Gasteiger partial charge < -0.3 is 10.4 Å². The molecule has 0 aliphatic carbocycles. The highest BCUT2D eigenvalue weighted by Gasteiger charge is 2.25. The Morgan fingerprint density at radius 3 is 2.59 bits per heavy atom. The number of benzene rings is 1. The van der Waals surface area contributed by atoms with Crippen molar-refractivity contribution in [2.75, 3.05) is 18.2 Å². The number of nitrogens with one attached hydrogen (secondary N) is 1. The smallest absolute Gasteiger partial charge is 0.233 e. The van der Waals surface area contributed by atoms with Gasteiger partial charge in [-0.15, -0.1) is 0 Å². The van der Waals surface area contributed by atoms with Gasteiger partial charge in [0.15, 0.2) is 5.82 Å². The van der Waals surface area contributed by atoms with Crippen LogP contribution in [0.2, 0.25) is 5.02 Å². The summed E-state index contributed by atoms with van der Waals surface area (Å²) < 4.78 is 11.9. The van der Waals surface area contributed by atoms with E-state index in [0.717, 1.165) is 30.5 Å². The van der Waals surface area contributed by atoms with Gasteiger partial charge in [-0.1, -0.05) is 57.2 Å². The topological polar surface area (TPSA) is 92.2 Å². The van der Waals surface area contributed by atoms with Crippen LogP contribution >= 0.6 is 11.6 Å². The predicted molar refractivity (Wildman–Crippen MR) is 131 cm³/mol. The van der Waals surface area contributed by atoms with Crippen LogP contribution in [-0.2, 0) is 22.0 Å². The summed E-state index contributed by atoms with van der Waals surface area (Å²) in [7, 11) is -1.19. The number of aliphatic hydroxyl groups excluding tert-OH is 1. The number of hydrogen-bond donors (Lipinski definition) is 2. The van der Waals surface area contributed by atoms with Gasteiger partial charge in [-0.2, -0.15) is 0 Å². The van der Waals surface area contributed by atoms with Crippen LogP contribution in [0.5, 0.6) is 0 Å². The van der Waals surface area contributed by atoms with Crippen LogP contribution in [0.15, 0.2) is 35.5 Å². The molecule has 1 aromatic heterocycles. The maximum Gasteiger partial charge on any atom is 0.233 e. The lowest BCUT2D eigenvalue weighted by Gasteiger charge is -2.21. The summed E-state index contributed by atoms with van der Waals surface area (Å²) in [6, 6.07) is 5.34. The van der Waals surface area contributed by atoms with Crippen molar-refractivity contribution >= 4 is 34.1 Å². The second kappa shape index (κ2) is 13.7. The summed E-state index contributed by atoms with van der Waals surface area (Å²) in [5.41, 5.74) is 1.57. The molecule has 6 nitrogen and oxygen atoms in total. The van der Waals surface area contributed by atoms with E-state index in [2.05, 4.69) is 29.1 Å². The van der Waals surface area contributed by atoms with Gasteiger partial charge in [-0.25, -0.2) is 4.98 Å². The molecule has 2 aromatic rings. The van der Waals surface area contributed by atoms with Gasteiger partial charge in [-0.05, 0) is 42.9 Å². The molecule has 3 atom stereocenters. The average Bonchev–Trinajstić information content (AvgIpc) is 2.76. The molecular formula is C24H34ClN3O3S. The maximum atomic E-state index is 13.3. The largest absolute Gasteiger partial charge is 0.396 e. The van der Waals surface area contributed by atoms with Crippen molar-refractivity contribution in [3.05, 3.63) is 46.9 Å². The molecule has 176 valence electrons. The Labute approximate surface area is 198 Å². The Bertz CT molecular complexity index is 893. The Hall–Kier alpha value is -1.83. The second-order valence-electron chi connectivity index (χ2n) is 8.24. The fraction of sp³-hybridized carbons (Fsp3) is 0.542. The molecule has 0 saturated carbocycles.